The molecule has 0 aliphatic rings. The second kappa shape index (κ2) is 9.17. The number of para-hydroxylation sites is 2. The molecule has 0 aliphatic carbocycles. The number of carbonyl (C=O) groups is 1. The maximum absolute atomic E-state index is 12.6. The maximum Gasteiger partial charge on any atom is 0.341 e. The lowest BCUT2D eigenvalue weighted by Gasteiger charge is -2.15. The molecule has 0 bridgehead atoms. The van der Waals surface area contributed by atoms with Crippen molar-refractivity contribution in [2.24, 2.45) is 0 Å². The van der Waals surface area contributed by atoms with E-state index in [1.165, 1.54) is 6.20 Å². The van der Waals surface area contributed by atoms with Crippen LogP contribution in [0.25, 0.3) is 10.9 Å². The lowest BCUT2D eigenvalue weighted by atomic mass is 10.1. The van der Waals surface area contributed by atoms with E-state index >= 15 is 0 Å². The molecule has 6 nitrogen and oxygen atoms in total. The number of ether oxygens (including phenoxy) is 3. The zero-order valence-corrected chi connectivity index (χ0v) is 17.3. The average molecular weight is 414 g/mol. The summed E-state index contributed by atoms with van der Waals surface area (Å²) in [6.07, 6.45) is 1.51. The summed E-state index contributed by atoms with van der Waals surface area (Å²) >= 11 is 0. The van der Waals surface area contributed by atoms with Crippen LogP contribution < -0.4 is 14.8 Å². The predicted molar refractivity (Wildman–Crippen MR) is 120 cm³/mol. The molecule has 31 heavy (non-hydrogen) atoms. The van der Waals surface area contributed by atoms with Gasteiger partial charge in [0.2, 0.25) is 0 Å². The number of carbonyl (C=O) groups excluding carboxylic acids is 1. The molecular formula is C25H22N2O4. The summed E-state index contributed by atoms with van der Waals surface area (Å²) in [6.45, 7) is 2.05. The fourth-order valence-electron chi connectivity index (χ4n) is 3.23. The molecule has 0 atom stereocenters. The van der Waals surface area contributed by atoms with Gasteiger partial charge in [-0.25, -0.2) is 4.79 Å². The lowest BCUT2D eigenvalue weighted by Crippen LogP contribution is -2.09. The van der Waals surface area contributed by atoms with Crippen molar-refractivity contribution >= 4 is 28.2 Å². The van der Waals surface area contributed by atoms with Crippen molar-refractivity contribution in [2.45, 2.75) is 6.92 Å². The molecule has 0 saturated heterocycles. The van der Waals surface area contributed by atoms with E-state index in [0.717, 1.165) is 16.8 Å². The van der Waals surface area contributed by atoms with Gasteiger partial charge in [-0.15, -0.1) is 0 Å². The molecule has 1 N–H and O–H groups in total. The van der Waals surface area contributed by atoms with Gasteiger partial charge in [-0.2, -0.15) is 0 Å². The number of rotatable bonds is 7. The number of methoxy groups -OCH3 is 1. The van der Waals surface area contributed by atoms with Crippen LogP contribution in [0.4, 0.5) is 11.4 Å². The highest BCUT2D eigenvalue weighted by atomic mass is 16.5. The Balaban J connectivity index is 1.69. The minimum atomic E-state index is -0.439. The second-order valence-corrected chi connectivity index (χ2v) is 6.69. The van der Waals surface area contributed by atoms with Crippen LogP contribution in [0.1, 0.15) is 17.3 Å². The van der Waals surface area contributed by atoms with Gasteiger partial charge in [-0.3, -0.25) is 4.98 Å². The van der Waals surface area contributed by atoms with Gasteiger partial charge >= 0.3 is 5.97 Å². The number of aromatic nitrogens is 1. The van der Waals surface area contributed by atoms with Gasteiger partial charge in [0.25, 0.3) is 0 Å². The molecule has 6 heteroatoms. The fraction of sp³-hybridized carbons (Fsp3) is 0.120. The van der Waals surface area contributed by atoms with E-state index in [0.29, 0.717) is 28.3 Å². The first-order valence-electron chi connectivity index (χ1n) is 9.92. The summed E-state index contributed by atoms with van der Waals surface area (Å²) < 4.78 is 16.5. The molecule has 3 aromatic carbocycles. The Bertz CT molecular complexity index is 1190. The average Bonchev–Trinajstić information content (AvgIpc) is 2.81. The van der Waals surface area contributed by atoms with Gasteiger partial charge in [-0.1, -0.05) is 30.3 Å². The predicted octanol–water partition coefficient (Wildman–Crippen LogP) is 5.96. The summed E-state index contributed by atoms with van der Waals surface area (Å²) in [7, 11) is 1.59. The minimum absolute atomic E-state index is 0.278. The summed E-state index contributed by atoms with van der Waals surface area (Å²) in [5.74, 6) is 1.66. The lowest BCUT2D eigenvalue weighted by molar-refractivity contribution is 0.0527. The molecule has 0 unspecified atom stereocenters. The molecule has 4 rings (SSSR count). The Hall–Kier alpha value is -4.06. The van der Waals surface area contributed by atoms with Crippen molar-refractivity contribution in [3.8, 4) is 17.2 Å². The van der Waals surface area contributed by atoms with Crippen molar-refractivity contribution in [3.05, 3.63) is 84.6 Å². The van der Waals surface area contributed by atoms with E-state index in [2.05, 4.69) is 10.3 Å². The summed E-state index contributed by atoms with van der Waals surface area (Å²) in [6, 6.07) is 22.7. The normalized spacial score (nSPS) is 10.5. The third kappa shape index (κ3) is 4.43. The Kier molecular flexibility index (Phi) is 5.98. The zero-order chi connectivity index (χ0) is 21.6. The minimum Gasteiger partial charge on any atom is -0.494 e. The van der Waals surface area contributed by atoms with Crippen molar-refractivity contribution in [1.29, 1.82) is 0 Å². The van der Waals surface area contributed by atoms with E-state index in [9.17, 15) is 4.79 Å². The van der Waals surface area contributed by atoms with Gasteiger partial charge in [-0.05, 0) is 49.4 Å². The van der Waals surface area contributed by atoms with E-state index in [4.69, 9.17) is 14.2 Å². The number of pyridine rings is 1. The van der Waals surface area contributed by atoms with Crippen LogP contribution in [0.3, 0.4) is 0 Å². The molecule has 0 fully saturated rings. The smallest absolute Gasteiger partial charge is 0.341 e. The van der Waals surface area contributed by atoms with Gasteiger partial charge in [0.1, 0.15) is 28.3 Å². The zero-order valence-electron chi connectivity index (χ0n) is 17.3. The van der Waals surface area contributed by atoms with Crippen molar-refractivity contribution in [3.63, 3.8) is 0 Å². The third-order valence-electron chi connectivity index (χ3n) is 4.68. The Morgan fingerprint density at radius 2 is 1.68 bits per heavy atom. The summed E-state index contributed by atoms with van der Waals surface area (Å²) in [5.41, 5.74) is 2.41. The van der Waals surface area contributed by atoms with Gasteiger partial charge in [0.05, 0.1) is 19.4 Å². The van der Waals surface area contributed by atoms with E-state index < -0.39 is 5.97 Å². The SMILES string of the molecule is CCOC(=O)c1cnc2c(OC)cccc2c1Nc1ccc(Oc2ccccc2)cc1. The van der Waals surface area contributed by atoms with Gasteiger partial charge in [0, 0.05) is 17.3 Å². The number of nitrogens with one attached hydrogen (secondary N) is 1. The first-order valence-corrected chi connectivity index (χ1v) is 9.92. The largest absolute Gasteiger partial charge is 0.494 e. The van der Waals surface area contributed by atoms with Crippen LogP contribution in [-0.4, -0.2) is 24.7 Å². The highest BCUT2D eigenvalue weighted by Gasteiger charge is 2.18. The molecule has 0 radical (unpaired) electrons. The van der Waals surface area contributed by atoms with Crippen LogP contribution in [-0.2, 0) is 4.74 Å². The Morgan fingerprint density at radius 3 is 2.39 bits per heavy atom. The molecule has 156 valence electrons. The first kappa shape index (κ1) is 20.2. The number of hydrogen-bond donors (Lipinski definition) is 1. The Labute approximate surface area is 180 Å². The molecule has 0 saturated carbocycles. The van der Waals surface area contributed by atoms with Gasteiger partial charge < -0.3 is 19.5 Å². The molecule has 1 aromatic heterocycles. The molecule has 0 spiro atoms. The highest BCUT2D eigenvalue weighted by Crippen LogP contribution is 2.34. The topological polar surface area (TPSA) is 69.7 Å². The van der Waals surface area contributed by atoms with Crippen LogP contribution in [0.5, 0.6) is 17.2 Å². The van der Waals surface area contributed by atoms with Crippen LogP contribution in [0.2, 0.25) is 0 Å². The number of nitrogens with zero attached hydrogens (tertiary/aromatic N) is 1. The number of fused-ring (bicyclic) bond motifs is 1. The van der Waals surface area contributed by atoms with Crippen LogP contribution in [0, 0.1) is 0 Å². The molecular weight excluding hydrogens is 392 g/mol. The Morgan fingerprint density at radius 1 is 0.935 bits per heavy atom. The van der Waals surface area contributed by atoms with Crippen molar-refractivity contribution in [1.82, 2.24) is 4.98 Å². The highest BCUT2D eigenvalue weighted by molar-refractivity contribution is 6.07. The number of esters is 1. The molecule has 1 heterocycles. The summed E-state index contributed by atoms with van der Waals surface area (Å²) in [5, 5.41) is 4.10. The second-order valence-electron chi connectivity index (χ2n) is 6.69. The molecule has 0 amide bonds. The van der Waals surface area contributed by atoms with Gasteiger partial charge in [0.15, 0.2) is 0 Å². The first-order chi connectivity index (χ1) is 15.2. The maximum atomic E-state index is 12.6. The van der Waals surface area contributed by atoms with Crippen molar-refractivity contribution < 1.29 is 19.0 Å². The standard InChI is InChI=1S/C25H22N2O4/c1-3-30-25(28)21-16-26-24-20(10-7-11-22(24)29-2)23(21)27-17-12-14-19(15-13-17)31-18-8-5-4-6-9-18/h4-16H,3H2,1-2H3,(H,26,27). The number of hydrogen-bond acceptors (Lipinski definition) is 6. The molecule has 0 aliphatic heterocycles. The van der Waals surface area contributed by atoms with Crippen molar-refractivity contribution in [2.75, 3.05) is 19.0 Å². The van der Waals surface area contributed by atoms with E-state index in [1.54, 1.807) is 14.0 Å². The monoisotopic (exact) mass is 414 g/mol. The number of benzene rings is 3. The fourth-order valence-corrected chi connectivity index (χ4v) is 3.23. The van der Waals surface area contributed by atoms with E-state index in [-0.39, 0.29) is 6.61 Å². The molecule has 4 aromatic rings. The van der Waals surface area contributed by atoms with E-state index in [1.807, 2.05) is 72.8 Å². The third-order valence-corrected chi connectivity index (χ3v) is 4.68. The number of anilines is 2. The van der Waals surface area contributed by atoms with Crippen LogP contribution in [0.15, 0.2) is 79.0 Å². The quantitative estimate of drug-likeness (QED) is 0.377. The van der Waals surface area contributed by atoms with Crippen LogP contribution >= 0.6 is 0 Å². The summed E-state index contributed by atoms with van der Waals surface area (Å²) in [4.78, 5) is 17.0.